The van der Waals surface area contributed by atoms with Gasteiger partial charge in [-0.15, -0.1) is 0 Å². The first kappa shape index (κ1) is 50.4. The van der Waals surface area contributed by atoms with Gasteiger partial charge in [0.2, 0.25) is 0 Å². The topological polar surface area (TPSA) is 78.9 Å². The van der Waals surface area contributed by atoms with Gasteiger partial charge in [-0.2, -0.15) is 0 Å². The first-order valence-electron chi connectivity index (χ1n) is 22.9. The van der Waals surface area contributed by atoms with Crippen LogP contribution < -0.4 is 0 Å². The van der Waals surface area contributed by atoms with Crippen molar-refractivity contribution in [3.05, 3.63) is 0 Å². The Labute approximate surface area is 323 Å². The minimum Gasteiger partial charge on any atom is -0.462 e. The van der Waals surface area contributed by atoms with E-state index in [1.54, 1.807) is 0 Å². The number of ether oxygens (including phenoxy) is 3. The molecule has 0 fully saturated rings. The molecule has 0 aliphatic heterocycles. The van der Waals surface area contributed by atoms with Gasteiger partial charge in [-0.25, -0.2) is 0 Å². The minimum atomic E-state index is -0.759. The molecule has 1 unspecified atom stereocenters. The Morgan fingerprint density at radius 1 is 0.385 bits per heavy atom. The first-order chi connectivity index (χ1) is 25.4. The first-order valence-corrected chi connectivity index (χ1v) is 22.9. The highest BCUT2D eigenvalue weighted by atomic mass is 16.6. The molecule has 0 aliphatic rings. The summed E-state index contributed by atoms with van der Waals surface area (Å²) in [6, 6.07) is 0. The second kappa shape index (κ2) is 40.6. The van der Waals surface area contributed by atoms with Crippen LogP contribution in [-0.2, 0) is 28.6 Å². The SMILES string of the molecule is CCCCCCCCCCCCCCC(=O)O[C@@H](COC(=O)CCCCCCCCCCCC)COC(=O)CCCCCCCCCCC(C)CC. The van der Waals surface area contributed by atoms with Crippen LogP contribution in [0.1, 0.15) is 252 Å². The van der Waals surface area contributed by atoms with Gasteiger partial charge in [0.1, 0.15) is 13.2 Å². The van der Waals surface area contributed by atoms with Crippen molar-refractivity contribution in [1.29, 1.82) is 0 Å². The summed E-state index contributed by atoms with van der Waals surface area (Å²) in [5.41, 5.74) is 0. The lowest BCUT2D eigenvalue weighted by Crippen LogP contribution is -2.30. The van der Waals surface area contributed by atoms with Crippen molar-refractivity contribution in [2.75, 3.05) is 13.2 Å². The average Bonchev–Trinajstić information content (AvgIpc) is 3.14. The van der Waals surface area contributed by atoms with Gasteiger partial charge in [-0.3, -0.25) is 14.4 Å². The van der Waals surface area contributed by atoms with Gasteiger partial charge in [-0.1, -0.05) is 214 Å². The third-order valence-corrected chi connectivity index (χ3v) is 10.7. The van der Waals surface area contributed by atoms with E-state index >= 15 is 0 Å². The zero-order valence-corrected chi connectivity index (χ0v) is 35.3. The summed E-state index contributed by atoms with van der Waals surface area (Å²) < 4.78 is 16.7. The van der Waals surface area contributed by atoms with Crippen molar-refractivity contribution < 1.29 is 28.6 Å². The Morgan fingerprint density at radius 2 is 0.673 bits per heavy atom. The fraction of sp³-hybridized carbons (Fsp3) is 0.935. The Morgan fingerprint density at radius 3 is 1.00 bits per heavy atom. The van der Waals surface area contributed by atoms with E-state index in [9.17, 15) is 14.4 Å². The molecule has 0 aromatic carbocycles. The fourth-order valence-corrected chi connectivity index (χ4v) is 6.77. The molecule has 0 rings (SSSR count). The minimum absolute atomic E-state index is 0.0641. The molecule has 52 heavy (non-hydrogen) atoms. The molecule has 0 saturated carbocycles. The summed E-state index contributed by atoms with van der Waals surface area (Å²) in [6.07, 6.45) is 39.3. The van der Waals surface area contributed by atoms with E-state index < -0.39 is 6.10 Å². The van der Waals surface area contributed by atoms with Crippen LogP contribution in [0.2, 0.25) is 0 Å². The maximum atomic E-state index is 12.7. The van der Waals surface area contributed by atoms with Crippen LogP contribution in [0.4, 0.5) is 0 Å². The van der Waals surface area contributed by atoms with Crippen LogP contribution >= 0.6 is 0 Å². The largest absolute Gasteiger partial charge is 0.462 e. The van der Waals surface area contributed by atoms with Crippen molar-refractivity contribution in [1.82, 2.24) is 0 Å². The smallest absolute Gasteiger partial charge is 0.306 e. The molecule has 0 bridgehead atoms. The van der Waals surface area contributed by atoms with Crippen LogP contribution in [0.5, 0.6) is 0 Å². The van der Waals surface area contributed by atoms with Gasteiger partial charge in [0.15, 0.2) is 6.10 Å². The number of hydrogen-bond donors (Lipinski definition) is 0. The molecule has 6 nitrogen and oxygen atoms in total. The molecule has 308 valence electrons. The molecular weight excluding hydrogens is 648 g/mol. The second-order valence-corrected chi connectivity index (χ2v) is 15.9. The maximum absolute atomic E-state index is 12.7. The lowest BCUT2D eigenvalue weighted by molar-refractivity contribution is -0.167. The monoisotopic (exact) mass is 737 g/mol. The summed E-state index contributed by atoms with van der Waals surface area (Å²) in [4.78, 5) is 37.7. The molecule has 0 aliphatic carbocycles. The number of carbonyl (C=O) groups is 3. The highest BCUT2D eigenvalue weighted by Gasteiger charge is 2.19. The van der Waals surface area contributed by atoms with Crippen LogP contribution in [0.25, 0.3) is 0 Å². The predicted octanol–water partition coefficient (Wildman–Crippen LogP) is 14.3. The zero-order valence-electron chi connectivity index (χ0n) is 35.3. The molecule has 6 heteroatoms. The number of hydrogen-bond acceptors (Lipinski definition) is 6. The number of unbranched alkanes of at least 4 members (excludes halogenated alkanes) is 27. The molecule has 0 amide bonds. The Balaban J connectivity index is 4.34. The highest BCUT2D eigenvalue weighted by molar-refractivity contribution is 5.71. The maximum Gasteiger partial charge on any atom is 0.306 e. The van der Waals surface area contributed by atoms with E-state index in [0.717, 1.165) is 63.7 Å². The summed E-state index contributed by atoms with van der Waals surface area (Å²) in [5, 5.41) is 0. The van der Waals surface area contributed by atoms with E-state index in [1.807, 2.05) is 0 Å². The van der Waals surface area contributed by atoms with Gasteiger partial charge >= 0.3 is 17.9 Å². The van der Waals surface area contributed by atoms with Gasteiger partial charge in [-0.05, 0) is 25.2 Å². The van der Waals surface area contributed by atoms with E-state index in [4.69, 9.17) is 14.2 Å². The molecule has 0 radical (unpaired) electrons. The lowest BCUT2D eigenvalue weighted by atomic mass is 9.99. The molecule has 0 aromatic rings. The van der Waals surface area contributed by atoms with Crippen molar-refractivity contribution in [2.45, 2.75) is 259 Å². The Bertz CT molecular complexity index is 783. The summed E-state index contributed by atoms with van der Waals surface area (Å²) in [6.45, 7) is 8.99. The van der Waals surface area contributed by atoms with Gasteiger partial charge in [0, 0.05) is 19.3 Å². The lowest BCUT2D eigenvalue weighted by Gasteiger charge is -2.18. The van der Waals surface area contributed by atoms with Gasteiger partial charge in [0.25, 0.3) is 0 Å². The molecule has 2 atom stereocenters. The van der Waals surface area contributed by atoms with Crippen molar-refractivity contribution in [2.24, 2.45) is 5.92 Å². The summed E-state index contributed by atoms with van der Waals surface area (Å²) in [5.74, 6) is -0.00807. The van der Waals surface area contributed by atoms with Crippen LogP contribution in [0.15, 0.2) is 0 Å². The molecule has 0 N–H and O–H groups in total. The fourth-order valence-electron chi connectivity index (χ4n) is 6.77. The normalized spacial score (nSPS) is 12.5. The third-order valence-electron chi connectivity index (χ3n) is 10.7. The Hall–Kier alpha value is -1.59. The van der Waals surface area contributed by atoms with Crippen molar-refractivity contribution >= 4 is 17.9 Å². The molecule has 0 spiro atoms. The van der Waals surface area contributed by atoms with E-state index in [1.165, 1.54) is 148 Å². The second-order valence-electron chi connectivity index (χ2n) is 15.9. The molecule has 0 aromatic heterocycles. The van der Waals surface area contributed by atoms with E-state index in [0.29, 0.717) is 19.3 Å². The van der Waals surface area contributed by atoms with Crippen LogP contribution in [-0.4, -0.2) is 37.2 Å². The average molecular weight is 737 g/mol. The number of esters is 3. The molecule has 0 saturated heterocycles. The van der Waals surface area contributed by atoms with E-state index in [2.05, 4.69) is 27.7 Å². The molecular formula is C46H88O6. The van der Waals surface area contributed by atoms with Gasteiger partial charge < -0.3 is 14.2 Å². The van der Waals surface area contributed by atoms with Crippen LogP contribution in [0.3, 0.4) is 0 Å². The summed E-state index contributed by atoms with van der Waals surface area (Å²) in [7, 11) is 0. The molecule has 0 heterocycles. The standard InChI is InChI=1S/C46H88O6/c1-5-8-10-12-14-16-18-19-21-27-31-35-39-46(49)52-43(40-50-44(47)37-33-29-25-20-17-15-13-11-9-6-2)41-51-45(48)38-34-30-26-23-22-24-28-32-36-42(4)7-3/h42-43H,5-41H2,1-4H3/t42?,43-/m0/s1. The van der Waals surface area contributed by atoms with Crippen molar-refractivity contribution in [3.63, 3.8) is 0 Å². The number of rotatable bonds is 41. The van der Waals surface area contributed by atoms with Gasteiger partial charge in [0.05, 0.1) is 0 Å². The third kappa shape index (κ3) is 38.1. The quantitative estimate of drug-likeness (QED) is 0.0353. The predicted molar refractivity (Wildman–Crippen MR) is 220 cm³/mol. The zero-order chi connectivity index (χ0) is 38.2. The van der Waals surface area contributed by atoms with Crippen LogP contribution in [0, 0.1) is 5.92 Å². The number of carbonyl (C=O) groups excluding carboxylic acids is 3. The summed E-state index contributed by atoms with van der Waals surface area (Å²) >= 11 is 0. The Kier molecular flexibility index (Phi) is 39.4. The highest BCUT2D eigenvalue weighted by Crippen LogP contribution is 2.17. The van der Waals surface area contributed by atoms with Crippen molar-refractivity contribution in [3.8, 4) is 0 Å². The van der Waals surface area contributed by atoms with E-state index in [-0.39, 0.29) is 31.1 Å².